The maximum absolute atomic E-state index is 14.1. The molecule has 1 unspecified atom stereocenters. The molecule has 12 heteroatoms. The Hall–Kier alpha value is -4.06. The number of nitrogens with zero attached hydrogens (tertiary/aromatic N) is 4. The first-order chi connectivity index (χ1) is 21.3. The third-order valence-electron chi connectivity index (χ3n) is 8.45. The number of aromatic nitrogens is 3. The largest absolute Gasteiger partial charge is 0.497 e. The van der Waals surface area contributed by atoms with Crippen molar-refractivity contribution in [1.29, 1.82) is 0 Å². The molecule has 2 fully saturated rings. The average Bonchev–Trinajstić information content (AvgIpc) is 3.70. The maximum Gasteiger partial charge on any atom is 0.410 e. The summed E-state index contributed by atoms with van der Waals surface area (Å²) in [6.07, 6.45) is 0.956. The highest BCUT2D eigenvalue weighted by Crippen LogP contribution is 2.42. The van der Waals surface area contributed by atoms with Crippen LogP contribution < -0.4 is 15.0 Å². The molecule has 44 heavy (non-hydrogen) atoms. The van der Waals surface area contributed by atoms with Gasteiger partial charge in [-0.1, -0.05) is 41.7 Å². The molecule has 232 valence electrons. The number of benzene rings is 2. The van der Waals surface area contributed by atoms with Crippen molar-refractivity contribution in [3.8, 4) is 11.5 Å². The zero-order valence-electron chi connectivity index (χ0n) is 24.6. The Labute approximate surface area is 257 Å². The number of hydrogen-bond donors (Lipinski definition) is 0. The molecule has 6 rings (SSSR count). The molecule has 1 amide bonds. The zero-order valence-corrected chi connectivity index (χ0v) is 25.4. The molecule has 0 N–H and O–H groups in total. The number of rotatable bonds is 8. The number of hydrogen-bond acceptors (Lipinski definition) is 8. The molecule has 1 saturated heterocycles. The number of halogens is 2. The topological polar surface area (TPSA) is 95.8 Å². The summed E-state index contributed by atoms with van der Waals surface area (Å²) in [6.45, 7) is 0.809. The molecular formula is C32H34F2N4O5S. The van der Waals surface area contributed by atoms with Crippen LogP contribution in [0.4, 0.5) is 13.6 Å². The summed E-state index contributed by atoms with van der Waals surface area (Å²) >= 11 is 1.28. The van der Waals surface area contributed by atoms with Crippen molar-refractivity contribution in [2.75, 3.05) is 20.8 Å². The van der Waals surface area contributed by atoms with E-state index in [0.717, 1.165) is 17.5 Å². The van der Waals surface area contributed by atoms with Crippen LogP contribution in [0.3, 0.4) is 0 Å². The Morgan fingerprint density at radius 2 is 1.82 bits per heavy atom. The Kier molecular flexibility index (Phi) is 8.53. The summed E-state index contributed by atoms with van der Waals surface area (Å²) in [6, 6.07) is 14.5. The van der Waals surface area contributed by atoms with Crippen molar-refractivity contribution in [3.63, 3.8) is 0 Å². The van der Waals surface area contributed by atoms with Crippen LogP contribution in [0.5, 0.6) is 11.5 Å². The van der Waals surface area contributed by atoms with Crippen LogP contribution in [0, 0.1) is 0 Å². The van der Waals surface area contributed by atoms with Gasteiger partial charge in [0.1, 0.15) is 28.9 Å². The van der Waals surface area contributed by atoms with Gasteiger partial charge < -0.3 is 14.2 Å². The summed E-state index contributed by atoms with van der Waals surface area (Å²) in [5.74, 6) is -1.42. The van der Waals surface area contributed by atoms with Crippen molar-refractivity contribution in [2.24, 2.45) is 0 Å². The molecular weight excluding hydrogens is 590 g/mol. The van der Waals surface area contributed by atoms with Gasteiger partial charge >= 0.3 is 6.09 Å². The number of carbonyl (C=O) groups excluding carboxylic acids is 1. The summed E-state index contributed by atoms with van der Waals surface area (Å²) in [4.78, 5) is 38.9. The molecule has 1 aliphatic carbocycles. The Morgan fingerprint density at radius 3 is 2.55 bits per heavy atom. The Morgan fingerprint density at radius 1 is 1.05 bits per heavy atom. The van der Waals surface area contributed by atoms with E-state index in [-0.39, 0.29) is 61.9 Å². The molecule has 0 radical (unpaired) electrons. The molecule has 2 aromatic carbocycles. The van der Waals surface area contributed by atoms with Gasteiger partial charge in [0, 0.05) is 36.9 Å². The van der Waals surface area contributed by atoms with Crippen LogP contribution in [0.2, 0.25) is 0 Å². The van der Waals surface area contributed by atoms with Gasteiger partial charge in [-0.3, -0.25) is 14.3 Å². The standard InChI is InChI=1S/C32H34F2N4O5S/c1-41-23-11-10-22(25(17-23)42-2)18-38-27(21-12-14-32(33,34)15-13-21)36-29-26(30(38)39)35-28(44-29)24-9-6-16-37(24)31(40)43-19-20-7-4-3-5-8-20/h3-5,7-8,10-11,17,21,24H,6,9,12-16,18-19H2,1-2H3. The van der Waals surface area contributed by atoms with Gasteiger partial charge in [0.2, 0.25) is 5.92 Å². The molecule has 0 bridgehead atoms. The second kappa shape index (κ2) is 12.5. The second-order valence-corrected chi connectivity index (χ2v) is 12.3. The number of amides is 1. The lowest BCUT2D eigenvalue weighted by Crippen LogP contribution is -2.31. The molecule has 0 spiro atoms. The number of ether oxygens (including phenoxy) is 3. The van der Waals surface area contributed by atoms with Crippen molar-refractivity contribution in [1.82, 2.24) is 19.4 Å². The number of thiazole rings is 1. The van der Waals surface area contributed by atoms with Gasteiger partial charge in [0.05, 0.1) is 26.8 Å². The van der Waals surface area contributed by atoms with E-state index in [2.05, 4.69) is 0 Å². The van der Waals surface area contributed by atoms with Gasteiger partial charge in [-0.15, -0.1) is 0 Å². The lowest BCUT2D eigenvalue weighted by molar-refractivity contribution is -0.0390. The Balaban J connectivity index is 1.34. The lowest BCUT2D eigenvalue weighted by Gasteiger charge is -2.29. The minimum atomic E-state index is -2.72. The highest BCUT2D eigenvalue weighted by Gasteiger charge is 2.38. The number of methoxy groups -OCH3 is 2. The maximum atomic E-state index is 14.1. The van der Waals surface area contributed by atoms with E-state index in [1.165, 1.54) is 18.4 Å². The number of likely N-dealkylation sites (tertiary alicyclic amines) is 1. The van der Waals surface area contributed by atoms with Crippen molar-refractivity contribution >= 4 is 27.8 Å². The fourth-order valence-electron chi connectivity index (χ4n) is 6.04. The highest BCUT2D eigenvalue weighted by molar-refractivity contribution is 7.18. The second-order valence-electron chi connectivity index (χ2n) is 11.3. The molecule has 2 aliphatic rings. The van der Waals surface area contributed by atoms with E-state index in [1.54, 1.807) is 28.7 Å². The average molecular weight is 625 g/mol. The fourth-order valence-corrected chi connectivity index (χ4v) is 7.13. The van der Waals surface area contributed by atoms with Gasteiger partial charge in [-0.05, 0) is 43.4 Å². The van der Waals surface area contributed by atoms with Crippen LogP contribution in [0.1, 0.15) is 72.4 Å². The molecule has 9 nitrogen and oxygen atoms in total. The van der Waals surface area contributed by atoms with Crippen LogP contribution in [-0.4, -0.2) is 52.2 Å². The number of alkyl halides is 2. The normalized spacial score (nSPS) is 18.5. The predicted molar refractivity (Wildman–Crippen MR) is 162 cm³/mol. The quantitative estimate of drug-likeness (QED) is 0.216. The van der Waals surface area contributed by atoms with Crippen molar-refractivity contribution < 1.29 is 27.8 Å². The lowest BCUT2D eigenvalue weighted by atomic mass is 9.86. The van der Waals surface area contributed by atoms with Gasteiger partial charge in [-0.25, -0.2) is 23.5 Å². The zero-order chi connectivity index (χ0) is 30.8. The summed E-state index contributed by atoms with van der Waals surface area (Å²) in [5.41, 5.74) is 1.46. The third kappa shape index (κ3) is 6.12. The Bertz CT molecular complexity index is 1700. The van der Waals surface area contributed by atoms with Gasteiger partial charge in [0.15, 0.2) is 10.3 Å². The molecule has 1 saturated carbocycles. The SMILES string of the molecule is COc1ccc(Cn2c(C3CCC(F)(F)CC3)nc3sc(C4CCCN4C(=O)OCc4ccccc4)nc3c2=O)c(OC)c1. The molecule has 1 aliphatic heterocycles. The molecule has 3 heterocycles. The fraction of sp³-hybridized carbons (Fsp3) is 0.438. The first-order valence-electron chi connectivity index (χ1n) is 14.7. The monoisotopic (exact) mass is 624 g/mol. The minimum Gasteiger partial charge on any atom is -0.497 e. The smallest absolute Gasteiger partial charge is 0.410 e. The van der Waals surface area contributed by atoms with Crippen LogP contribution in [0.25, 0.3) is 10.3 Å². The van der Waals surface area contributed by atoms with Gasteiger partial charge in [-0.2, -0.15) is 0 Å². The van der Waals surface area contributed by atoms with Crippen LogP contribution >= 0.6 is 11.3 Å². The van der Waals surface area contributed by atoms with E-state index >= 15 is 0 Å². The highest BCUT2D eigenvalue weighted by atomic mass is 32.1. The van der Waals surface area contributed by atoms with Crippen LogP contribution in [-0.2, 0) is 17.9 Å². The van der Waals surface area contributed by atoms with E-state index < -0.39 is 12.0 Å². The van der Waals surface area contributed by atoms with Crippen molar-refractivity contribution in [2.45, 2.75) is 69.6 Å². The minimum absolute atomic E-state index is 0.130. The predicted octanol–water partition coefficient (Wildman–Crippen LogP) is 6.69. The van der Waals surface area contributed by atoms with E-state index in [4.69, 9.17) is 24.2 Å². The molecule has 1 atom stereocenters. The first-order valence-corrected chi connectivity index (χ1v) is 15.5. The summed E-state index contributed by atoms with van der Waals surface area (Å²) in [7, 11) is 3.10. The summed E-state index contributed by atoms with van der Waals surface area (Å²) < 4.78 is 46.3. The van der Waals surface area contributed by atoms with E-state index in [0.29, 0.717) is 40.1 Å². The summed E-state index contributed by atoms with van der Waals surface area (Å²) in [5, 5.41) is 0.611. The third-order valence-corrected chi connectivity index (χ3v) is 9.50. The first kappa shape index (κ1) is 30.0. The molecule has 4 aromatic rings. The van der Waals surface area contributed by atoms with Crippen LogP contribution in [0.15, 0.2) is 53.3 Å². The number of fused-ring (bicyclic) bond motifs is 1. The molecule has 2 aromatic heterocycles. The van der Waals surface area contributed by atoms with E-state index in [1.807, 2.05) is 36.4 Å². The van der Waals surface area contributed by atoms with Gasteiger partial charge in [0.25, 0.3) is 5.56 Å². The number of carbonyl (C=O) groups is 1. The van der Waals surface area contributed by atoms with E-state index in [9.17, 15) is 18.4 Å². The van der Waals surface area contributed by atoms with Crippen molar-refractivity contribution in [3.05, 3.63) is 80.8 Å².